The Morgan fingerprint density at radius 3 is 2.81 bits per heavy atom. The highest BCUT2D eigenvalue weighted by Gasteiger charge is 2.34. The van der Waals surface area contributed by atoms with Crippen LogP contribution < -0.4 is 0 Å². The SMILES string of the molecule is O=S(=O)(c1ccccc1Cl)N1CCC[C@@H](c2nc(-c3cccnc3)no2)C1. The molecule has 1 atom stereocenters. The van der Waals surface area contributed by atoms with Crippen molar-refractivity contribution in [3.05, 3.63) is 59.7 Å². The molecule has 2 aromatic heterocycles. The van der Waals surface area contributed by atoms with Crippen LogP contribution in [0.15, 0.2) is 58.2 Å². The van der Waals surface area contributed by atoms with E-state index >= 15 is 0 Å². The lowest BCUT2D eigenvalue weighted by Crippen LogP contribution is -2.39. The predicted octanol–water partition coefficient (Wildman–Crippen LogP) is 3.35. The van der Waals surface area contributed by atoms with Gasteiger partial charge in [0.2, 0.25) is 21.7 Å². The fourth-order valence-electron chi connectivity index (χ4n) is 3.17. The van der Waals surface area contributed by atoms with Gasteiger partial charge in [-0.3, -0.25) is 4.98 Å². The van der Waals surface area contributed by atoms with E-state index in [0.29, 0.717) is 24.7 Å². The van der Waals surface area contributed by atoms with Crippen molar-refractivity contribution in [2.24, 2.45) is 0 Å². The van der Waals surface area contributed by atoms with Gasteiger partial charge in [0.15, 0.2) is 0 Å². The molecule has 0 spiro atoms. The fourth-order valence-corrected chi connectivity index (χ4v) is 5.19. The molecule has 0 radical (unpaired) electrons. The van der Waals surface area contributed by atoms with Crippen LogP contribution in [0.25, 0.3) is 11.4 Å². The molecule has 1 aliphatic heterocycles. The Balaban J connectivity index is 1.57. The number of hydrogen-bond donors (Lipinski definition) is 0. The van der Waals surface area contributed by atoms with E-state index in [1.54, 1.807) is 36.7 Å². The smallest absolute Gasteiger partial charge is 0.244 e. The number of hydrogen-bond acceptors (Lipinski definition) is 6. The van der Waals surface area contributed by atoms with Gasteiger partial charge in [-0.1, -0.05) is 28.9 Å². The summed E-state index contributed by atoms with van der Waals surface area (Å²) in [7, 11) is -3.68. The van der Waals surface area contributed by atoms with Gasteiger partial charge in [0.25, 0.3) is 0 Å². The Hall–Kier alpha value is -2.29. The van der Waals surface area contributed by atoms with Crippen LogP contribution in [-0.4, -0.2) is 40.9 Å². The Kier molecular flexibility index (Phi) is 4.94. The molecule has 3 heterocycles. The normalized spacial score (nSPS) is 18.5. The highest BCUT2D eigenvalue weighted by Crippen LogP contribution is 2.32. The van der Waals surface area contributed by atoms with Crippen molar-refractivity contribution < 1.29 is 12.9 Å². The molecule has 1 aromatic carbocycles. The molecule has 0 unspecified atom stereocenters. The zero-order valence-electron chi connectivity index (χ0n) is 14.3. The summed E-state index contributed by atoms with van der Waals surface area (Å²) in [5.74, 6) is 0.728. The maximum Gasteiger partial charge on any atom is 0.244 e. The molecule has 0 N–H and O–H groups in total. The second-order valence-electron chi connectivity index (χ2n) is 6.33. The van der Waals surface area contributed by atoms with Crippen LogP contribution in [0, 0.1) is 0 Å². The summed E-state index contributed by atoms with van der Waals surface area (Å²) in [5, 5.41) is 4.22. The molecule has 1 fully saturated rings. The summed E-state index contributed by atoms with van der Waals surface area (Å²) >= 11 is 6.10. The third-order valence-corrected chi connectivity index (χ3v) is 6.91. The quantitative estimate of drug-likeness (QED) is 0.662. The fraction of sp³-hybridized carbons (Fsp3) is 0.278. The van der Waals surface area contributed by atoms with E-state index in [2.05, 4.69) is 15.1 Å². The maximum atomic E-state index is 13.0. The summed E-state index contributed by atoms with van der Waals surface area (Å²) in [6.45, 7) is 0.718. The van der Waals surface area contributed by atoms with Crippen LogP contribution in [0.5, 0.6) is 0 Å². The van der Waals surface area contributed by atoms with Gasteiger partial charge in [-0.15, -0.1) is 0 Å². The molecule has 4 rings (SSSR count). The first-order valence-corrected chi connectivity index (χ1v) is 10.4. The van der Waals surface area contributed by atoms with Crippen molar-refractivity contribution in [1.82, 2.24) is 19.4 Å². The minimum atomic E-state index is -3.68. The lowest BCUT2D eigenvalue weighted by Gasteiger charge is -2.30. The zero-order valence-corrected chi connectivity index (χ0v) is 15.9. The number of rotatable bonds is 4. The molecular weight excluding hydrogens is 388 g/mol. The van der Waals surface area contributed by atoms with E-state index in [1.165, 1.54) is 10.4 Å². The number of sulfonamides is 1. The molecule has 1 saturated heterocycles. The second kappa shape index (κ2) is 7.38. The third-order valence-electron chi connectivity index (χ3n) is 4.55. The van der Waals surface area contributed by atoms with Crippen molar-refractivity contribution >= 4 is 21.6 Å². The maximum absolute atomic E-state index is 13.0. The van der Waals surface area contributed by atoms with E-state index in [-0.39, 0.29) is 22.4 Å². The van der Waals surface area contributed by atoms with E-state index in [1.807, 2.05) is 6.07 Å². The highest BCUT2D eigenvalue weighted by atomic mass is 35.5. The van der Waals surface area contributed by atoms with Crippen LogP contribution in [0.1, 0.15) is 24.7 Å². The minimum Gasteiger partial charge on any atom is -0.339 e. The number of aromatic nitrogens is 3. The molecule has 0 bridgehead atoms. The lowest BCUT2D eigenvalue weighted by molar-refractivity contribution is 0.265. The molecule has 27 heavy (non-hydrogen) atoms. The summed E-state index contributed by atoms with van der Waals surface area (Å²) in [4.78, 5) is 8.61. The molecule has 9 heteroatoms. The third kappa shape index (κ3) is 3.60. The van der Waals surface area contributed by atoms with Gasteiger partial charge >= 0.3 is 0 Å². The van der Waals surface area contributed by atoms with Gasteiger partial charge < -0.3 is 4.52 Å². The summed E-state index contributed by atoms with van der Waals surface area (Å²) in [6.07, 6.45) is 4.81. The average molecular weight is 405 g/mol. The zero-order chi connectivity index (χ0) is 18.9. The van der Waals surface area contributed by atoms with Crippen molar-refractivity contribution in [1.29, 1.82) is 0 Å². The van der Waals surface area contributed by atoms with Crippen LogP contribution in [0.4, 0.5) is 0 Å². The van der Waals surface area contributed by atoms with E-state index in [4.69, 9.17) is 16.1 Å². The highest BCUT2D eigenvalue weighted by molar-refractivity contribution is 7.89. The number of piperidine rings is 1. The van der Waals surface area contributed by atoms with Crippen molar-refractivity contribution in [2.75, 3.05) is 13.1 Å². The van der Waals surface area contributed by atoms with Crippen molar-refractivity contribution in [3.8, 4) is 11.4 Å². The summed E-state index contributed by atoms with van der Waals surface area (Å²) in [5.41, 5.74) is 0.754. The average Bonchev–Trinajstić information content (AvgIpc) is 3.19. The van der Waals surface area contributed by atoms with Gasteiger partial charge in [-0.05, 0) is 37.1 Å². The number of nitrogens with zero attached hydrogens (tertiary/aromatic N) is 4. The molecule has 3 aromatic rings. The van der Waals surface area contributed by atoms with Crippen LogP contribution in [0.2, 0.25) is 5.02 Å². The largest absolute Gasteiger partial charge is 0.339 e. The molecule has 0 aliphatic carbocycles. The second-order valence-corrected chi connectivity index (χ2v) is 8.64. The number of benzene rings is 1. The van der Waals surface area contributed by atoms with Crippen LogP contribution >= 0.6 is 11.6 Å². The molecule has 0 saturated carbocycles. The summed E-state index contributed by atoms with van der Waals surface area (Å²) < 4.78 is 32.8. The summed E-state index contributed by atoms with van der Waals surface area (Å²) in [6, 6.07) is 10.1. The van der Waals surface area contributed by atoms with E-state index in [0.717, 1.165) is 12.0 Å². The molecular formula is C18H17ClN4O3S. The standard InChI is InChI=1S/C18H17ClN4O3S/c19-15-7-1-2-8-16(15)27(24,25)23-10-4-6-14(12-23)18-21-17(22-26-18)13-5-3-9-20-11-13/h1-3,5,7-9,11,14H,4,6,10,12H2/t14-/m1/s1. The van der Waals surface area contributed by atoms with E-state index < -0.39 is 10.0 Å². The lowest BCUT2D eigenvalue weighted by atomic mass is 10.00. The number of pyridine rings is 1. The van der Waals surface area contributed by atoms with Crippen LogP contribution in [0.3, 0.4) is 0 Å². The monoisotopic (exact) mass is 404 g/mol. The Bertz CT molecular complexity index is 1040. The Morgan fingerprint density at radius 2 is 2.04 bits per heavy atom. The molecule has 0 amide bonds. The first-order chi connectivity index (χ1) is 13.1. The van der Waals surface area contributed by atoms with Gasteiger partial charge in [-0.2, -0.15) is 9.29 Å². The molecule has 1 aliphatic rings. The van der Waals surface area contributed by atoms with Crippen LogP contribution in [-0.2, 0) is 10.0 Å². The van der Waals surface area contributed by atoms with Gasteiger partial charge in [0.05, 0.1) is 10.9 Å². The van der Waals surface area contributed by atoms with Gasteiger partial charge in [-0.25, -0.2) is 8.42 Å². The van der Waals surface area contributed by atoms with Crippen molar-refractivity contribution in [3.63, 3.8) is 0 Å². The minimum absolute atomic E-state index is 0.119. The topological polar surface area (TPSA) is 89.2 Å². The molecule has 7 nitrogen and oxygen atoms in total. The number of halogens is 1. The Labute approximate surface area is 162 Å². The van der Waals surface area contributed by atoms with Gasteiger partial charge in [0.1, 0.15) is 4.90 Å². The van der Waals surface area contributed by atoms with Crippen molar-refractivity contribution in [2.45, 2.75) is 23.7 Å². The van der Waals surface area contributed by atoms with Gasteiger partial charge in [0, 0.05) is 31.0 Å². The van der Waals surface area contributed by atoms with E-state index in [9.17, 15) is 8.42 Å². The first-order valence-electron chi connectivity index (χ1n) is 8.54. The molecule has 140 valence electrons. The Morgan fingerprint density at radius 1 is 1.19 bits per heavy atom. The first kappa shape index (κ1) is 18.1. The predicted molar refractivity (Wildman–Crippen MR) is 99.7 cm³/mol.